The maximum absolute atomic E-state index is 9.70. The van der Waals surface area contributed by atoms with E-state index in [2.05, 4.69) is 0 Å². The number of hydrogen-bond acceptors (Lipinski definition) is 4. The SMILES string of the molecule is Nc1ccc(N)c(Cc2cccc(O)c2O)c1. The molecule has 0 aliphatic rings. The fourth-order valence-electron chi connectivity index (χ4n) is 1.70. The Morgan fingerprint density at radius 1 is 0.941 bits per heavy atom. The first-order chi connectivity index (χ1) is 8.08. The molecule has 0 heterocycles. The molecule has 4 nitrogen and oxygen atoms in total. The molecule has 0 radical (unpaired) electrons. The molecular formula is C13H14N2O2. The predicted octanol–water partition coefficient (Wildman–Crippen LogP) is 1.85. The molecule has 6 N–H and O–H groups in total. The maximum Gasteiger partial charge on any atom is 0.161 e. The van der Waals surface area contributed by atoms with E-state index < -0.39 is 0 Å². The largest absolute Gasteiger partial charge is 0.504 e. The van der Waals surface area contributed by atoms with Crippen molar-refractivity contribution in [2.75, 3.05) is 11.5 Å². The topological polar surface area (TPSA) is 92.5 Å². The number of phenols is 2. The Hall–Kier alpha value is -2.36. The second kappa shape index (κ2) is 4.25. The second-order valence-corrected chi connectivity index (χ2v) is 3.92. The Morgan fingerprint density at radius 2 is 1.71 bits per heavy atom. The van der Waals surface area contributed by atoms with Crippen molar-refractivity contribution < 1.29 is 10.2 Å². The van der Waals surface area contributed by atoms with Gasteiger partial charge in [0, 0.05) is 23.4 Å². The quantitative estimate of drug-likeness (QED) is 0.468. The van der Waals surface area contributed by atoms with Crippen LogP contribution in [0.3, 0.4) is 0 Å². The van der Waals surface area contributed by atoms with E-state index in [1.165, 1.54) is 6.07 Å². The lowest BCUT2D eigenvalue weighted by Gasteiger charge is -2.09. The normalized spacial score (nSPS) is 10.4. The van der Waals surface area contributed by atoms with Crippen LogP contribution in [0.5, 0.6) is 11.5 Å². The van der Waals surface area contributed by atoms with Crippen molar-refractivity contribution >= 4 is 11.4 Å². The van der Waals surface area contributed by atoms with E-state index in [1.807, 2.05) is 0 Å². The molecule has 4 heteroatoms. The summed E-state index contributed by atoms with van der Waals surface area (Å²) >= 11 is 0. The summed E-state index contributed by atoms with van der Waals surface area (Å²) in [5.41, 5.74) is 14.2. The first-order valence-corrected chi connectivity index (χ1v) is 5.21. The molecule has 0 aliphatic carbocycles. The molecule has 0 aromatic heterocycles. The molecule has 2 aromatic rings. The number of benzene rings is 2. The van der Waals surface area contributed by atoms with Gasteiger partial charge in [0.1, 0.15) is 0 Å². The number of hydrogen-bond donors (Lipinski definition) is 4. The standard InChI is InChI=1S/C13H14N2O2/c14-10-4-5-11(15)9(7-10)6-8-2-1-3-12(16)13(8)17/h1-5,7,16-17H,6,14-15H2. The van der Waals surface area contributed by atoms with Crippen LogP contribution in [0.25, 0.3) is 0 Å². The lowest BCUT2D eigenvalue weighted by atomic mass is 10.0. The van der Waals surface area contributed by atoms with E-state index in [9.17, 15) is 10.2 Å². The minimum Gasteiger partial charge on any atom is -0.504 e. The van der Waals surface area contributed by atoms with Crippen molar-refractivity contribution in [3.8, 4) is 11.5 Å². The van der Waals surface area contributed by atoms with Gasteiger partial charge in [-0.1, -0.05) is 12.1 Å². The number of para-hydroxylation sites is 1. The number of aromatic hydroxyl groups is 2. The fourth-order valence-corrected chi connectivity index (χ4v) is 1.70. The minimum absolute atomic E-state index is 0.116. The highest BCUT2D eigenvalue weighted by Gasteiger charge is 2.08. The Kier molecular flexibility index (Phi) is 2.78. The van der Waals surface area contributed by atoms with Gasteiger partial charge in [-0.2, -0.15) is 0 Å². The van der Waals surface area contributed by atoms with Crippen LogP contribution in [0.1, 0.15) is 11.1 Å². The zero-order chi connectivity index (χ0) is 12.4. The van der Waals surface area contributed by atoms with Gasteiger partial charge in [-0.15, -0.1) is 0 Å². The van der Waals surface area contributed by atoms with Gasteiger partial charge in [0.2, 0.25) is 0 Å². The monoisotopic (exact) mass is 230 g/mol. The molecule has 0 aliphatic heterocycles. The molecule has 0 bridgehead atoms. The lowest BCUT2D eigenvalue weighted by molar-refractivity contribution is 0.400. The minimum atomic E-state index is -0.134. The van der Waals surface area contributed by atoms with Crippen molar-refractivity contribution in [2.24, 2.45) is 0 Å². The fraction of sp³-hybridized carbons (Fsp3) is 0.0769. The van der Waals surface area contributed by atoms with Gasteiger partial charge in [0.25, 0.3) is 0 Å². The number of nitrogens with two attached hydrogens (primary N) is 2. The summed E-state index contributed by atoms with van der Waals surface area (Å²) in [5.74, 6) is -0.251. The molecule has 0 saturated heterocycles. The first kappa shape index (κ1) is 11.1. The third-order valence-electron chi connectivity index (χ3n) is 2.65. The molecule has 0 amide bonds. The zero-order valence-corrected chi connectivity index (χ0v) is 9.22. The van der Waals surface area contributed by atoms with E-state index in [1.54, 1.807) is 30.3 Å². The molecule has 2 rings (SSSR count). The van der Waals surface area contributed by atoms with Crippen LogP contribution in [0.4, 0.5) is 11.4 Å². The summed E-state index contributed by atoms with van der Waals surface area (Å²) in [6, 6.07) is 10.1. The van der Waals surface area contributed by atoms with Crippen molar-refractivity contribution in [3.63, 3.8) is 0 Å². The van der Waals surface area contributed by atoms with Gasteiger partial charge in [0.05, 0.1) is 0 Å². The van der Waals surface area contributed by atoms with Crippen LogP contribution >= 0.6 is 0 Å². The Balaban J connectivity index is 2.38. The first-order valence-electron chi connectivity index (χ1n) is 5.21. The molecule has 17 heavy (non-hydrogen) atoms. The number of anilines is 2. The summed E-state index contributed by atoms with van der Waals surface area (Å²) < 4.78 is 0. The van der Waals surface area contributed by atoms with Crippen molar-refractivity contribution in [1.82, 2.24) is 0 Å². The third-order valence-corrected chi connectivity index (χ3v) is 2.65. The number of phenolic OH excluding ortho intramolecular Hbond substituents is 2. The highest BCUT2D eigenvalue weighted by atomic mass is 16.3. The van der Waals surface area contributed by atoms with Crippen LogP contribution in [0, 0.1) is 0 Å². The van der Waals surface area contributed by atoms with Gasteiger partial charge in [-0.05, 0) is 29.8 Å². The zero-order valence-electron chi connectivity index (χ0n) is 9.22. The van der Waals surface area contributed by atoms with Gasteiger partial charge in [0.15, 0.2) is 11.5 Å². The molecule has 2 aromatic carbocycles. The molecular weight excluding hydrogens is 216 g/mol. The van der Waals surface area contributed by atoms with Gasteiger partial charge >= 0.3 is 0 Å². The average molecular weight is 230 g/mol. The number of rotatable bonds is 2. The lowest BCUT2D eigenvalue weighted by Crippen LogP contribution is -1.98. The van der Waals surface area contributed by atoms with Gasteiger partial charge < -0.3 is 21.7 Å². The Labute approximate surface area is 99.1 Å². The summed E-state index contributed by atoms with van der Waals surface area (Å²) in [5, 5.41) is 19.1. The van der Waals surface area contributed by atoms with Crippen LogP contribution in [0.15, 0.2) is 36.4 Å². The smallest absolute Gasteiger partial charge is 0.161 e. The molecule has 0 saturated carbocycles. The highest BCUT2D eigenvalue weighted by molar-refractivity contribution is 5.58. The highest BCUT2D eigenvalue weighted by Crippen LogP contribution is 2.31. The molecule has 0 atom stereocenters. The summed E-state index contributed by atoms with van der Waals surface area (Å²) in [4.78, 5) is 0. The third kappa shape index (κ3) is 2.25. The van der Waals surface area contributed by atoms with Crippen LogP contribution in [0.2, 0.25) is 0 Å². The van der Waals surface area contributed by atoms with Crippen molar-refractivity contribution in [2.45, 2.75) is 6.42 Å². The van der Waals surface area contributed by atoms with Gasteiger partial charge in [-0.25, -0.2) is 0 Å². The van der Waals surface area contributed by atoms with Crippen LogP contribution in [-0.4, -0.2) is 10.2 Å². The maximum atomic E-state index is 9.70. The molecule has 0 fully saturated rings. The molecule has 88 valence electrons. The van der Waals surface area contributed by atoms with Crippen molar-refractivity contribution in [1.29, 1.82) is 0 Å². The summed E-state index contributed by atoms with van der Waals surface area (Å²) in [6.45, 7) is 0. The van der Waals surface area contributed by atoms with E-state index in [4.69, 9.17) is 11.5 Å². The van der Waals surface area contributed by atoms with Gasteiger partial charge in [-0.3, -0.25) is 0 Å². The van der Waals surface area contributed by atoms with Crippen molar-refractivity contribution in [3.05, 3.63) is 47.5 Å². The number of nitrogen functional groups attached to an aromatic ring is 2. The average Bonchev–Trinajstić information content (AvgIpc) is 2.30. The van der Waals surface area contributed by atoms with E-state index in [0.29, 0.717) is 23.4 Å². The van der Waals surface area contributed by atoms with E-state index in [0.717, 1.165) is 5.56 Å². The molecule has 0 spiro atoms. The van der Waals surface area contributed by atoms with Crippen LogP contribution < -0.4 is 11.5 Å². The van der Waals surface area contributed by atoms with E-state index >= 15 is 0 Å². The Bertz CT molecular complexity index is 553. The summed E-state index contributed by atoms with van der Waals surface area (Å²) in [6.07, 6.45) is 0.428. The second-order valence-electron chi connectivity index (χ2n) is 3.92. The Morgan fingerprint density at radius 3 is 2.47 bits per heavy atom. The summed E-state index contributed by atoms with van der Waals surface area (Å²) in [7, 11) is 0. The predicted molar refractivity (Wildman–Crippen MR) is 67.8 cm³/mol. The van der Waals surface area contributed by atoms with Crippen LogP contribution in [-0.2, 0) is 6.42 Å². The molecule has 0 unspecified atom stereocenters. The van der Waals surface area contributed by atoms with E-state index in [-0.39, 0.29) is 11.5 Å².